The summed E-state index contributed by atoms with van der Waals surface area (Å²) >= 11 is 0. The number of carbonyl (C=O) groups is 2. The highest BCUT2D eigenvalue weighted by molar-refractivity contribution is 7.90. The molecule has 1 fully saturated rings. The zero-order valence-corrected chi connectivity index (χ0v) is 13.2. The van der Waals surface area contributed by atoms with E-state index in [1.807, 2.05) is 6.92 Å². The molecule has 122 valence electrons. The Morgan fingerprint density at radius 2 is 2.05 bits per heavy atom. The van der Waals surface area contributed by atoms with Crippen molar-refractivity contribution in [2.45, 2.75) is 56.7 Å². The standard InChI is InChI=1S/C13H23NO6S/c1-3-4-7-10(12(15)16)14-21(18,19)11-8-5-6-9(11)13(17)20-2/h9-11,14H,3-8H2,1-2H3,(H,15,16). The minimum absolute atomic E-state index is 0.237. The van der Waals surface area contributed by atoms with Crippen molar-refractivity contribution in [1.82, 2.24) is 4.72 Å². The molecule has 1 saturated carbocycles. The lowest BCUT2D eigenvalue weighted by molar-refractivity contribution is -0.145. The average Bonchev–Trinajstić information content (AvgIpc) is 2.92. The first-order chi connectivity index (χ1) is 9.83. The topological polar surface area (TPSA) is 110 Å². The second-order valence-corrected chi connectivity index (χ2v) is 7.23. The number of carboxylic acids is 1. The number of ether oxygens (including phenoxy) is 1. The van der Waals surface area contributed by atoms with Crippen LogP contribution in [0.1, 0.15) is 45.4 Å². The van der Waals surface area contributed by atoms with Crippen molar-refractivity contribution in [2.24, 2.45) is 5.92 Å². The number of unbranched alkanes of at least 4 members (excludes halogenated alkanes) is 1. The molecule has 0 heterocycles. The number of nitrogens with one attached hydrogen (secondary N) is 1. The molecule has 0 amide bonds. The number of rotatable bonds is 8. The lowest BCUT2D eigenvalue weighted by atomic mass is 10.1. The molecule has 3 unspecified atom stereocenters. The minimum atomic E-state index is -3.87. The van der Waals surface area contributed by atoms with Crippen LogP contribution >= 0.6 is 0 Å². The van der Waals surface area contributed by atoms with E-state index in [2.05, 4.69) is 9.46 Å². The monoisotopic (exact) mass is 321 g/mol. The van der Waals surface area contributed by atoms with Crippen LogP contribution in [0.15, 0.2) is 0 Å². The van der Waals surface area contributed by atoms with E-state index in [1.54, 1.807) is 0 Å². The second kappa shape index (κ2) is 7.74. The minimum Gasteiger partial charge on any atom is -0.480 e. The van der Waals surface area contributed by atoms with Crippen molar-refractivity contribution < 1.29 is 27.9 Å². The summed E-state index contributed by atoms with van der Waals surface area (Å²) in [6, 6.07) is -1.14. The summed E-state index contributed by atoms with van der Waals surface area (Å²) in [6.07, 6.45) is 3.03. The van der Waals surface area contributed by atoms with Gasteiger partial charge in [0.25, 0.3) is 0 Å². The maximum Gasteiger partial charge on any atom is 0.321 e. The molecule has 1 aliphatic rings. The number of esters is 1. The molecule has 21 heavy (non-hydrogen) atoms. The maximum absolute atomic E-state index is 12.4. The van der Waals surface area contributed by atoms with Gasteiger partial charge in [-0.05, 0) is 19.3 Å². The van der Waals surface area contributed by atoms with E-state index in [0.29, 0.717) is 25.7 Å². The summed E-state index contributed by atoms with van der Waals surface area (Å²) < 4.78 is 31.6. The van der Waals surface area contributed by atoms with Crippen molar-refractivity contribution in [2.75, 3.05) is 7.11 Å². The van der Waals surface area contributed by atoms with Crippen LogP contribution in [0.25, 0.3) is 0 Å². The number of hydrogen-bond donors (Lipinski definition) is 2. The van der Waals surface area contributed by atoms with Gasteiger partial charge in [0.1, 0.15) is 6.04 Å². The van der Waals surface area contributed by atoms with Gasteiger partial charge in [-0.15, -0.1) is 0 Å². The Kier molecular flexibility index (Phi) is 6.60. The van der Waals surface area contributed by atoms with Crippen LogP contribution < -0.4 is 4.72 Å². The number of carboxylic acid groups (broad SMARTS) is 1. The Morgan fingerprint density at radius 1 is 1.38 bits per heavy atom. The van der Waals surface area contributed by atoms with Gasteiger partial charge < -0.3 is 9.84 Å². The molecule has 0 aromatic rings. The van der Waals surface area contributed by atoms with E-state index in [1.165, 1.54) is 7.11 Å². The first-order valence-corrected chi connectivity index (χ1v) is 8.69. The van der Waals surface area contributed by atoms with Gasteiger partial charge >= 0.3 is 11.9 Å². The number of hydrogen-bond acceptors (Lipinski definition) is 5. The first kappa shape index (κ1) is 17.9. The predicted octanol–water partition coefficient (Wildman–Crippen LogP) is 0.891. The normalized spacial score (nSPS) is 23.7. The third-order valence-corrected chi connectivity index (χ3v) is 5.78. The Morgan fingerprint density at radius 3 is 2.57 bits per heavy atom. The molecule has 3 atom stereocenters. The number of methoxy groups -OCH3 is 1. The van der Waals surface area contributed by atoms with Crippen LogP contribution in [0.4, 0.5) is 0 Å². The van der Waals surface area contributed by atoms with E-state index < -0.39 is 39.2 Å². The molecular weight excluding hydrogens is 298 g/mol. The van der Waals surface area contributed by atoms with Gasteiger partial charge in [-0.3, -0.25) is 9.59 Å². The zero-order valence-electron chi connectivity index (χ0n) is 12.4. The average molecular weight is 321 g/mol. The molecule has 8 heteroatoms. The zero-order chi connectivity index (χ0) is 16.0. The van der Waals surface area contributed by atoms with Gasteiger partial charge in [-0.1, -0.05) is 26.2 Å². The van der Waals surface area contributed by atoms with Crippen molar-refractivity contribution in [3.63, 3.8) is 0 Å². The highest BCUT2D eigenvalue weighted by Gasteiger charge is 2.43. The number of carbonyl (C=O) groups excluding carboxylic acids is 1. The number of sulfonamides is 1. The molecule has 0 aliphatic heterocycles. The maximum atomic E-state index is 12.4. The molecule has 7 nitrogen and oxygen atoms in total. The molecular formula is C13H23NO6S. The lowest BCUT2D eigenvalue weighted by Crippen LogP contribution is -2.47. The fourth-order valence-corrected chi connectivity index (χ4v) is 4.59. The molecule has 0 aromatic carbocycles. The van der Waals surface area contributed by atoms with E-state index in [4.69, 9.17) is 5.11 Å². The van der Waals surface area contributed by atoms with Crippen molar-refractivity contribution in [3.05, 3.63) is 0 Å². The fraction of sp³-hybridized carbons (Fsp3) is 0.846. The van der Waals surface area contributed by atoms with Crippen LogP contribution in [-0.2, 0) is 24.3 Å². The molecule has 0 saturated heterocycles. The van der Waals surface area contributed by atoms with Crippen LogP contribution in [0.5, 0.6) is 0 Å². The van der Waals surface area contributed by atoms with Crippen LogP contribution in [0, 0.1) is 5.92 Å². The second-order valence-electron chi connectivity index (χ2n) is 5.29. The van der Waals surface area contributed by atoms with E-state index in [9.17, 15) is 18.0 Å². The Balaban J connectivity index is 2.83. The van der Waals surface area contributed by atoms with Gasteiger partial charge in [0.15, 0.2) is 0 Å². The van der Waals surface area contributed by atoms with E-state index in [-0.39, 0.29) is 6.42 Å². The lowest BCUT2D eigenvalue weighted by Gasteiger charge is -2.21. The summed E-state index contributed by atoms with van der Waals surface area (Å²) in [5.74, 6) is -2.46. The summed E-state index contributed by atoms with van der Waals surface area (Å²) in [6.45, 7) is 1.90. The Labute approximate surface area is 125 Å². The molecule has 0 aromatic heterocycles. The smallest absolute Gasteiger partial charge is 0.321 e. The van der Waals surface area contributed by atoms with Gasteiger partial charge in [0, 0.05) is 0 Å². The first-order valence-electron chi connectivity index (χ1n) is 7.15. The van der Waals surface area contributed by atoms with Crippen molar-refractivity contribution >= 4 is 22.0 Å². The van der Waals surface area contributed by atoms with Crippen molar-refractivity contribution in [3.8, 4) is 0 Å². The van der Waals surface area contributed by atoms with Crippen LogP contribution in [0.2, 0.25) is 0 Å². The summed E-state index contributed by atoms with van der Waals surface area (Å²) in [5.41, 5.74) is 0. The van der Waals surface area contributed by atoms with Gasteiger partial charge in [-0.25, -0.2) is 13.1 Å². The Bertz CT molecular complexity index is 475. The SMILES string of the molecule is CCCCC(NS(=O)(=O)C1CCCC1C(=O)OC)C(=O)O. The molecule has 0 radical (unpaired) electrons. The summed E-state index contributed by atoms with van der Waals surface area (Å²) in [7, 11) is -2.65. The van der Waals surface area contributed by atoms with Crippen LogP contribution in [0.3, 0.4) is 0 Å². The van der Waals surface area contributed by atoms with E-state index >= 15 is 0 Å². The van der Waals surface area contributed by atoms with Gasteiger partial charge in [-0.2, -0.15) is 0 Å². The fourth-order valence-electron chi connectivity index (χ4n) is 2.65. The highest BCUT2D eigenvalue weighted by atomic mass is 32.2. The largest absolute Gasteiger partial charge is 0.480 e. The predicted molar refractivity (Wildman–Crippen MR) is 76.1 cm³/mol. The molecule has 2 N–H and O–H groups in total. The van der Waals surface area contributed by atoms with Gasteiger partial charge in [0.05, 0.1) is 18.3 Å². The molecule has 0 bridgehead atoms. The molecule has 1 aliphatic carbocycles. The third kappa shape index (κ3) is 4.67. The quantitative estimate of drug-likeness (QED) is 0.643. The summed E-state index contributed by atoms with van der Waals surface area (Å²) in [5, 5.41) is 8.20. The highest BCUT2D eigenvalue weighted by Crippen LogP contribution is 2.32. The van der Waals surface area contributed by atoms with Gasteiger partial charge in [0.2, 0.25) is 10.0 Å². The van der Waals surface area contributed by atoms with Crippen molar-refractivity contribution in [1.29, 1.82) is 0 Å². The van der Waals surface area contributed by atoms with E-state index in [0.717, 1.165) is 6.42 Å². The molecule has 0 spiro atoms. The van der Waals surface area contributed by atoms with Crippen LogP contribution in [-0.4, -0.2) is 43.9 Å². The third-order valence-electron chi connectivity index (χ3n) is 3.81. The Hall–Kier alpha value is -1.15. The summed E-state index contributed by atoms with van der Waals surface area (Å²) in [4.78, 5) is 22.8. The molecule has 1 rings (SSSR count). The number of aliphatic carboxylic acids is 1.